The maximum atomic E-state index is 11.0. The van der Waals surface area contributed by atoms with Gasteiger partial charge in [-0.1, -0.05) is 6.07 Å². The zero-order chi connectivity index (χ0) is 13.7. The quantitative estimate of drug-likeness (QED) is 0.488. The molecule has 18 heavy (non-hydrogen) atoms. The average Bonchev–Trinajstić information content (AvgIpc) is 2.28. The van der Waals surface area contributed by atoms with Crippen molar-refractivity contribution in [3.63, 3.8) is 0 Å². The van der Waals surface area contributed by atoms with Gasteiger partial charge in [0.1, 0.15) is 0 Å². The van der Waals surface area contributed by atoms with Crippen LogP contribution in [0.15, 0.2) is 23.1 Å². The van der Waals surface area contributed by atoms with Gasteiger partial charge in [-0.3, -0.25) is 10.1 Å². The predicted octanol–water partition coefficient (Wildman–Crippen LogP) is 2.30. The first-order chi connectivity index (χ1) is 8.41. The second kappa shape index (κ2) is 6.72. The van der Waals surface area contributed by atoms with Crippen LogP contribution in [0.2, 0.25) is 0 Å². The van der Waals surface area contributed by atoms with Gasteiger partial charge in [-0.2, -0.15) is 0 Å². The van der Waals surface area contributed by atoms with E-state index in [0.717, 1.165) is 12.3 Å². The molecule has 0 radical (unpaired) electrons. The normalized spacial score (nSPS) is 12.7. The van der Waals surface area contributed by atoms with E-state index in [9.17, 15) is 15.2 Å². The van der Waals surface area contributed by atoms with Crippen LogP contribution in [-0.4, -0.2) is 41.3 Å². The van der Waals surface area contributed by atoms with E-state index in [0.29, 0.717) is 10.5 Å². The summed E-state index contributed by atoms with van der Waals surface area (Å²) in [6.07, 6.45) is -0.690. The summed E-state index contributed by atoms with van der Waals surface area (Å²) >= 11 is 1.46. The van der Waals surface area contributed by atoms with Gasteiger partial charge >= 0.3 is 0 Å². The Labute approximate surface area is 111 Å². The molecule has 0 aliphatic rings. The fourth-order valence-electron chi connectivity index (χ4n) is 1.40. The van der Waals surface area contributed by atoms with E-state index in [1.807, 2.05) is 19.0 Å². The van der Waals surface area contributed by atoms with E-state index in [2.05, 4.69) is 0 Å². The van der Waals surface area contributed by atoms with Crippen molar-refractivity contribution in [2.45, 2.75) is 17.9 Å². The minimum absolute atomic E-state index is 0.0668. The first-order valence-corrected chi connectivity index (χ1v) is 6.64. The molecular weight excluding hydrogens is 252 g/mol. The van der Waals surface area contributed by atoms with Crippen molar-refractivity contribution in [2.75, 3.05) is 26.4 Å². The van der Waals surface area contributed by atoms with Crippen molar-refractivity contribution in [3.8, 4) is 0 Å². The van der Waals surface area contributed by atoms with E-state index in [-0.39, 0.29) is 5.69 Å². The molecule has 1 aromatic rings. The van der Waals surface area contributed by atoms with Crippen molar-refractivity contribution in [1.82, 2.24) is 4.90 Å². The number of nitro groups is 1. The fourth-order valence-corrected chi connectivity index (χ4v) is 2.52. The Balaban J connectivity index is 2.87. The highest BCUT2D eigenvalue weighted by Crippen LogP contribution is 2.31. The molecule has 0 saturated heterocycles. The third kappa shape index (κ3) is 4.29. The number of rotatable bonds is 6. The van der Waals surface area contributed by atoms with E-state index in [4.69, 9.17) is 0 Å². The van der Waals surface area contributed by atoms with Crippen LogP contribution < -0.4 is 0 Å². The Kier molecular flexibility index (Phi) is 5.58. The van der Waals surface area contributed by atoms with Gasteiger partial charge in [0.15, 0.2) is 0 Å². The molecule has 1 aromatic carbocycles. The minimum atomic E-state index is -0.690. The summed E-state index contributed by atoms with van der Waals surface area (Å²) in [5.41, 5.74) is 0.635. The van der Waals surface area contributed by atoms with Crippen molar-refractivity contribution in [2.24, 2.45) is 0 Å². The zero-order valence-corrected chi connectivity index (χ0v) is 11.6. The molecule has 1 rings (SSSR count). The summed E-state index contributed by atoms with van der Waals surface area (Å²) in [7, 11) is 3.93. The van der Waals surface area contributed by atoms with Gasteiger partial charge in [0.05, 0.1) is 15.9 Å². The summed E-state index contributed by atoms with van der Waals surface area (Å²) in [6.45, 7) is 2.46. The summed E-state index contributed by atoms with van der Waals surface area (Å²) in [6, 6.07) is 4.89. The number of nitro benzene ring substituents is 1. The summed E-state index contributed by atoms with van der Waals surface area (Å²) in [4.78, 5) is 13.3. The molecule has 0 unspecified atom stereocenters. The number of thioether (sulfide) groups is 1. The SMILES string of the molecule is C[C@H](O)c1ccc(SCCN(C)C)c([N+](=O)[O-])c1. The fraction of sp³-hybridized carbons (Fsp3) is 0.500. The molecule has 0 amide bonds. The lowest BCUT2D eigenvalue weighted by Crippen LogP contribution is -2.14. The van der Waals surface area contributed by atoms with Crippen LogP contribution in [0, 0.1) is 10.1 Å². The van der Waals surface area contributed by atoms with Crippen LogP contribution in [0.5, 0.6) is 0 Å². The summed E-state index contributed by atoms with van der Waals surface area (Å²) in [5.74, 6) is 0.794. The number of hydrogen-bond donors (Lipinski definition) is 1. The van der Waals surface area contributed by atoms with Crippen LogP contribution in [0.1, 0.15) is 18.6 Å². The molecule has 0 bridgehead atoms. The topological polar surface area (TPSA) is 66.6 Å². The number of aliphatic hydroxyl groups excluding tert-OH is 1. The molecule has 6 heteroatoms. The molecule has 100 valence electrons. The first kappa shape index (κ1) is 14.9. The molecule has 0 saturated carbocycles. The smallest absolute Gasteiger partial charge is 0.283 e. The van der Waals surface area contributed by atoms with Gasteiger partial charge in [0, 0.05) is 18.4 Å². The Hall–Kier alpha value is -1.11. The monoisotopic (exact) mass is 270 g/mol. The molecule has 5 nitrogen and oxygen atoms in total. The third-order valence-corrected chi connectivity index (χ3v) is 3.50. The van der Waals surface area contributed by atoms with Crippen molar-refractivity contribution in [3.05, 3.63) is 33.9 Å². The summed E-state index contributed by atoms with van der Waals surface area (Å²) < 4.78 is 0. The van der Waals surface area contributed by atoms with Gasteiger partial charge in [-0.25, -0.2) is 0 Å². The van der Waals surface area contributed by atoms with E-state index in [1.165, 1.54) is 17.8 Å². The molecule has 0 aromatic heterocycles. The Morgan fingerprint density at radius 2 is 2.17 bits per heavy atom. The van der Waals surface area contributed by atoms with Crippen molar-refractivity contribution < 1.29 is 10.0 Å². The molecule has 0 spiro atoms. The van der Waals surface area contributed by atoms with Crippen LogP contribution in [0.25, 0.3) is 0 Å². The lowest BCUT2D eigenvalue weighted by atomic mass is 10.1. The third-order valence-electron chi connectivity index (χ3n) is 2.46. The molecule has 0 heterocycles. The van der Waals surface area contributed by atoms with Gasteiger partial charge in [0.25, 0.3) is 5.69 Å². The van der Waals surface area contributed by atoms with Gasteiger partial charge < -0.3 is 10.0 Å². The molecular formula is C12H18N2O3S. The average molecular weight is 270 g/mol. The van der Waals surface area contributed by atoms with Crippen molar-refractivity contribution in [1.29, 1.82) is 0 Å². The highest BCUT2D eigenvalue weighted by Gasteiger charge is 2.16. The highest BCUT2D eigenvalue weighted by atomic mass is 32.2. The summed E-state index contributed by atoms with van der Waals surface area (Å²) in [5, 5.41) is 20.4. The maximum absolute atomic E-state index is 11.0. The second-order valence-corrected chi connectivity index (χ2v) is 5.45. The van der Waals surface area contributed by atoms with Gasteiger partial charge in [-0.05, 0) is 32.6 Å². The van der Waals surface area contributed by atoms with E-state index >= 15 is 0 Å². The van der Waals surface area contributed by atoms with Gasteiger partial charge in [-0.15, -0.1) is 11.8 Å². The van der Waals surface area contributed by atoms with Crippen LogP contribution in [0.3, 0.4) is 0 Å². The van der Waals surface area contributed by atoms with E-state index in [1.54, 1.807) is 19.1 Å². The lowest BCUT2D eigenvalue weighted by molar-refractivity contribution is -0.387. The van der Waals surface area contributed by atoms with Crippen LogP contribution in [0.4, 0.5) is 5.69 Å². The number of nitrogens with zero attached hydrogens (tertiary/aromatic N) is 2. The van der Waals surface area contributed by atoms with Crippen LogP contribution in [-0.2, 0) is 0 Å². The van der Waals surface area contributed by atoms with Crippen molar-refractivity contribution >= 4 is 17.4 Å². The Morgan fingerprint density at radius 3 is 2.67 bits per heavy atom. The predicted molar refractivity (Wildman–Crippen MR) is 73.0 cm³/mol. The van der Waals surface area contributed by atoms with Gasteiger partial charge in [0.2, 0.25) is 0 Å². The molecule has 0 aliphatic carbocycles. The second-order valence-electron chi connectivity index (χ2n) is 4.31. The first-order valence-electron chi connectivity index (χ1n) is 5.65. The maximum Gasteiger partial charge on any atom is 0.283 e. The highest BCUT2D eigenvalue weighted by molar-refractivity contribution is 7.99. The largest absolute Gasteiger partial charge is 0.389 e. The lowest BCUT2D eigenvalue weighted by Gasteiger charge is -2.10. The number of benzene rings is 1. The van der Waals surface area contributed by atoms with Crippen LogP contribution >= 0.6 is 11.8 Å². The molecule has 1 atom stereocenters. The number of aliphatic hydroxyl groups is 1. The standard InChI is InChI=1S/C12H18N2O3S/c1-9(15)10-4-5-12(11(8-10)14(16)17)18-7-6-13(2)3/h4-5,8-9,15H,6-7H2,1-3H3/t9-/m0/s1. The van der Waals surface area contributed by atoms with E-state index < -0.39 is 11.0 Å². The minimum Gasteiger partial charge on any atom is -0.389 e. The number of hydrogen-bond acceptors (Lipinski definition) is 5. The molecule has 0 fully saturated rings. The Morgan fingerprint density at radius 1 is 1.50 bits per heavy atom. The Bertz CT molecular complexity index is 422. The molecule has 0 aliphatic heterocycles. The molecule has 1 N–H and O–H groups in total. The zero-order valence-electron chi connectivity index (χ0n) is 10.8.